The van der Waals surface area contributed by atoms with Crippen LogP contribution < -0.4 is 15.7 Å². The van der Waals surface area contributed by atoms with Crippen molar-refractivity contribution in [1.29, 1.82) is 0 Å². The number of nitrogens with one attached hydrogen (secondary N) is 3. The Morgan fingerprint density at radius 1 is 1.62 bits per heavy atom. The zero-order chi connectivity index (χ0) is 5.98. The van der Waals surface area contributed by atoms with Crippen molar-refractivity contribution in [3.05, 3.63) is 12.4 Å². The molecule has 0 amide bonds. The molecule has 1 aliphatic heterocycles. The number of hydroxylamine groups is 1. The van der Waals surface area contributed by atoms with Gasteiger partial charge in [0.15, 0.2) is 6.20 Å². The van der Waals surface area contributed by atoms with Gasteiger partial charge in [0.1, 0.15) is 6.54 Å². The van der Waals surface area contributed by atoms with Gasteiger partial charge in [-0.25, -0.2) is 0 Å². The molecular weight excluding hydrogens is 106 g/mol. The standard InChI is InChI=1S/C4H9N3O/c1-2-6-3-4-7(8)5-6/h3-5,8H,2H2,1H3/p+2. The second-order valence-electron chi connectivity index (χ2n) is 1.72. The van der Waals surface area contributed by atoms with Gasteiger partial charge in [0, 0.05) is 5.53 Å². The quantitative estimate of drug-likeness (QED) is 0.297. The van der Waals surface area contributed by atoms with E-state index in [-0.39, 0.29) is 5.17 Å². The number of hydrogen-bond donors (Lipinski definition) is 4. The summed E-state index contributed by atoms with van der Waals surface area (Å²) < 4.78 is 0. The summed E-state index contributed by atoms with van der Waals surface area (Å²) in [5.74, 6) is 0. The highest BCUT2D eigenvalue weighted by molar-refractivity contribution is 4.54. The van der Waals surface area contributed by atoms with E-state index in [2.05, 4.69) is 5.53 Å². The van der Waals surface area contributed by atoms with E-state index in [1.807, 2.05) is 13.1 Å². The molecule has 1 heterocycles. The van der Waals surface area contributed by atoms with Gasteiger partial charge in [-0.3, -0.25) is 0 Å². The second kappa shape index (κ2) is 2.23. The molecule has 0 radical (unpaired) electrons. The van der Waals surface area contributed by atoms with E-state index in [4.69, 9.17) is 5.21 Å². The maximum atomic E-state index is 8.73. The maximum Gasteiger partial charge on any atom is 0.207 e. The molecule has 0 aromatic heterocycles. The van der Waals surface area contributed by atoms with Crippen molar-refractivity contribution in [3.63, 3.8) is 0 Å². The molecule has 0 aliphatic carbocycles. The van der Waals surface area contributed by atoms with E-state index in [0.29, 0.717) is 0 Å². The molecule has 0 spiro atoms. The number of quaternary nitrogens is 2. The predicted molar refractivity (Wildman–Crippen MR) is 26.5 cm³/mol. The van der Waals surface area contributed by atoms with Crippen molar-refractivity contribution in [1.82, 2.24) is 5.53 Å². The molecular formula is C4H11N3O+2. The van der Waals surface area contributed by atoms with Crippen molar-refractivity contribution in [2.75, 3.05) is 6.54 Å². The fourth-order valence-corrected chi connectivity index (χ4v) is 0.634. The zero-order valence-electron chi connectivity index (χ0n) is 4.81. The minimum atomic E-state index is 0.252. The van der Waals surface area contributed by atoms with Crippen LogP contribution in [0.5, 0.6) is 0 Å². The van der Waals surface area contributed by atoms with E-state index in [1.165, 1.54) is 0 Å². The molecule has 1 rings (SSSR count). The first-order valence-corrected chi connectivity index (χ1v) is 2.69. The average Bonchev–Trinajstić information content (AvgIpc) is 2.14. The lowest BCUT2D eigenvalue weighted by Crippen LogP contribution is -3.30. The monoisotopic (exact) mass is 117 g/mol. The first-order chi connectivity index (χ1) is 3.83. The van der Waals surface area contributed by atoms with Crippen LogP contribution in [0.1, 0.15) is 6.92 Å². The third-order valence-electron chi connectivity index (χ3n) is 1.11. The third-order valence-corrected chi connectivity index (χ3v) is 1.11. The SMILES string of the molecule is CC[NH+]1C=C[NH+](O)N1. The van der Waals surface area contributed by atoms with Crippen molar-refractivity contribution in [3.8, 4) is 0 Å². The summed E-state index contributed by atoms with van der Waals surface area (Å²) in [5, 5.41) is 10.1. The topological polar surface area (TPSA) is 41.1 Å². The van der Waals surface area contributed by atoms with Gasteiger partial charge >= 0.3 is 0 Å². The summed E-state index contributed by atoms with van der Waals surface area (Å²) in [5.41, 5.74) is 2.78. The summed E-state index contributed by atoms with van der Waals surface area (Å²) in [6.07, 6.45) is 3.52. The predicted octanol–water partition coefficient (Wildman–Crippen LogP) is -2.93. The first-order valence-electron chi connectivity index (χ1n) is 2.69. The van der Waals surface area contributed by atoms with E-state index in [1.54, 1.807) is 6.20 Å². The fourth-order valence-electron chi connectivity index (χ4n) is 0.634. The lowest BCUT2D eigenvalue weighted by Gasteiger charge is -2.02. The second-order valence-corrected chi connectivity index (χ2v) is 1.72. The number of rotatable bonds is 1. The molecule has 46 valence electrons. The van der Waals surface area contributed by atoms with Crippen molar-refractivity contribution in [2.24, 2.45) is 0 Å². The lowest BCUT2D eigenvalue weighted by atomic mass is 10.7. The van der Waals surface area contributed by atoms with Crippen LogP contribution in [0.3, 0.4) is 0 Å². The summed E-state index contributed by atoms with van der Waals surface area (Å²) in [7, 11) is 0. The van der Waals surface area contributed by atoms with Crippen molar-refractivity contribution in [2.45, 2.75) is 6.92 Å². The Morgan fingerprint density at radius 2 is 2.38 bits per heavy atom. The molecule has 0 bridgehead atoms. The Bertz CT molecular complexity index is 103. The van der Waals surface area contributed by atoms with Crippen molar-refractivity contribution >= 4 is 0 Å². The molecule has 2 unspecified atom stereocenters. The average molecular weight is 117 g/mol. The van der Waals surface area contributed by atoms with Crippen LogP contribution in [0.4, 0.5) is 0 Å². The number of hydrogen-bond acceptors (Lipinski definition) is 2. The molecule has 2 atom stereocenters. The summed E-state index contributed by atoms with van der Waals surface area (Å²) in [6.45, 7) is 2.98. The van der Waals surface area contributed by atoms with E-state index in [0.717, 1.165) is 11.6 Å². The Labute approximate surface area is 47.9 Å². The molecule has 8 heavy (non-hydrogen) atoms. The molecule has 0 saturated carbocycles. The van der Waals surface area contributed by atoms with Crippen LogP contribution in [0.25, 0.3) is 0 Å². The zero-order valence-corrected chi connectivity index (χ0v) is 4.81. The Kier molecular flexibility index (Phi) is 1.59. The van der Waals surface area contributed by atoms with Crippen LogP contribution in [0.15, 0.2) is 12.4 Å². The minimum Gasteiger partial charge on any atom is -0.188 e. The summed E-state index contributed by atoms with van der Waals surface area (Å²) in [6, 6.07) is 0. The molecule has 0 fully saturated rings. The third kappa shape index (κ3) is 1.05. The van der Waals surface area contributed by atoms with Crippen LogP contribution in [-0.4, -0.2) is 11.8 Å². The van der Waals surface area contributed by atoms with Gasteiger partial charge in [-0.1, -0.05) is 0 Å². The molecule has 1 aliphatic rings. The van der Waals surface area contributed by atoms with E-state index in [9.17, 15) is 0 Å². The van der Waals surface area contributed by atoms with Gasteiger partial charge in [0.2, 0.25) is 6.20 Å². The van der Waals surface area contributed by atoms with Crippen LogP contribution in [0, 0.1) is 0 Å². The van der Waals surface area contributed by atoms with Gasteiger partial charge in [-0.05, 0) is 12.1 Å². The van der Waals surface area contributed by atoms with Crippen molar-refractivity contribution < 1.29 is 15.4 Å². The molecule has 4 heteroatoms. The summed E-state index contributed by atoms with van der Waals surface area (Å²) in [4.78, 5) is 0. The smallest absolute Gasteiger partial charge is 0.188 e. The highest BCUT2D eigenvalue weighted by Gasteiger charge is 2.16. The van der Waals surface area contributed by atoms with E-state index >= 15 is 0 Å². The van der Waals surface area contributed by atoms with Gasteiger partial charge in [0.25, 0.3) is 0 Å². The Hall–Kier alpha value is -0.420. The van der Waals surface area contributed by atoms with Crippen LogP contribution >= 0.6 is 0 Å². The fraction of sp³-hybridized carbons (Fsp3) is 0.500. The van der Waals surface area contributed by atoms with E-state index < -0.39 is 0 Å². The molecule has 0 aromatic rings. The van der Waals surface area contributed by atoms with Gasteiger partial charge in [0.05, 0.1) is 0 Å². The van der Waals surface area contributed by atoms with Crippen LogP contribution in [0.2, 0.25) is 0 Å². The van der Waals surface area contributed by atoms with Gasteiger partial charge in [-0.15, -0.1) is 0 Å². The molecule has 4 N–H and O–H groups in total. The largest absolute Gasteiger partial charge is 0.207 e. The molecule has 4 nitrogen and oxygen atoms in total. The Morgan fingerprint density at radius 3 is 2.62 bits per heavy atom. The lowest BCUT2D eigenvalue weighted by molar-refractivity contribution is -1.19. The minimum absolute atomic E-state index is 0.252. The van der Waals surface area contributed by atoms with Crippen LogP contribution in [-0.2, 0) is 0 Å². The summed E-state index contributed by atoms with van der Waals surface area (Å²) >= 11 is 0. The maximum absolute atomic E-state index is 8.73. The molecule has 0 aromatic carbocycles. The first kappa shape index (κ1) is 5.71. The van der Waals surface area contributed by atoms with Gasteiger partial charge in [-0.2, -0.15) is 10.2 Å². The van der Waals surface area contributed by atoms with Gasteiger partial charge < -0.3 is 0 Å². The molecule has 0 saturated heterocycles. The highest BCUT2D eigenvalue weighted by Crippen LogP contribution is 1.47. The Balaban J connectivity index is 2.34. The normalized spacial score (nSPS) is 36.2. The highest BCUT2D eigenvalue weighted by atomic mass is 16.6.